The lowest BCUT2D eigenvalue weighted by molar-refractivity contribution is 1.29. The van der Waals surface area contributed by atoms with Gasteiger partial charge in [-0.2, -0.15) is 6.20 Å². The van der Waals surface area contributed by atoms with Gasteiger partial charge < -0.3 is 5.32 Å². The van der Waals surface area contributed by atoms with Crippen molar-refractivity contribution in [2.45, 2.75) is 13.8 Å². The number of allylic oxidation sites excluding steroid dienone is 2. The molecule has 6 aromatic carbocycles. The average Bonchev–Trinajstić information content (AvgIpc) is 3.11. The van der Waals surface area contributed by atoms with E-state index in [1.807, 2.05) is 18.6 Å². The highest BCUT2D eigenvalue weighted by molar-refractivity contribution is 6.22. The summed E-state index contributed by atoms with van der Waals surface area (Å²) >= 11 is 0. The molecule has 0 saturated carbocycles. The first kappa shape index (κ1) is 27.8. The predicted octanol–water partition coefficient (Wildman–Crippen LogP) is 12.0. The molecular weight excluding hydrogens is 556 g/mol. The molecule has 8 rings (SSSR count). The number of hydrogen-bond acceptors (Lipinski definition) is 1. The largest absolute Gasteiger partial charge is 0.687 e. The molecule has 0 N–H and O–H groups in total. The first-order chi connectivity index (χ1) is 22.7. The maximum atomic E-state index is 4.51. The van der Waals surface area contributed by atoms with Crippen LogP contribution in [0.15, 0.2) is 158 Å². The maximum Gasteiger partial charge on any atom is 0.0349 e. The van der Waals surface area contributed by atoms with Gasteiger partial charge in [-0.3, -0.25) is 4.98 Å². The van der Waals surface area contributed by atoms with E-state index in [4.69, 9.17) is 0 Å². The topological polar surface area (TPSA) is 27.0 Å². The van der Waals surface area contributed by atoms with Gasteiger partial charge in [-0.15, -0.1) is 6.54 Å². The fourth-order valence-electron chi connectivity index (χ4n) is 6.88. The predicted molar refractivity (Wildman–Crippen MR) is 196 cm³/mol. The Hall–Kier alpha value is -5.73. The zero-order valence-corrected chi connectivity index (χ0v) is 26.0. The summed E-state index contributed by atoms with van der Waals surface area (Å²) < 4.78 is 0. The molecule has 1 aliphatic rings. The highest BCUT2D eigenvalue weighted by atomic mass is 14.8. The van der Waals surface area contributed by atoms with E-state index < -0.39 is 0 Å². The molecule has 0 unspecified atom stereocenters. The Balaban J connectivity index is 1.37. The third-order valence-corrected chi connectivity index (χ3v) is 9.33. The Morgan fingerprint density at radius 2 is 1.11 bits per heavy atom. The minimum Gasteiger partial charge on any atom is -0.687 e. The van der Waals surface area contributed by atoms with Gasteiger partial charge in [-0.25, -0.2) is 0 Å². The number of pyridine rings is 1. The summed E-state index contributed by atoms with van der Waals surface area (Å²) in [5.74, 6) is 0. The normalized spacial score (nSPS) is 12.9. The monoisotopic (exact) mass is 589 g/mol. The molecular formula is C44H33N2-. The van der Waals surface area contributed by atoms with Crippen LogP contribution < -0.4 is 0 Å². The van der Waals surface area contributed by atoms with Crippen LogP contribution in [0, 0.1) is 6.92 Å². The second-order valence-corrected chi connectivity index (χ2v) is 12.1. The Kier molecular flexibility index (Phi) is 7.04. The van der Waals surface area contributed by atoms with Crippen LogP contribution in [0.25, 0.3) is 76.9 Å². The van der Waals surface area contributed by atoms with Gasteiger partial charge in [0.1, 0.15) is 0 Å². The van der Waals surface area contributed by atoms with Crippen LogP contribution in [-0.2, 0) is 0 Å². The third-order valence-electron chi connectivity index (χ3n) is 9.33. The third kappa shape index (κ3) is 4.89. The van der Waals surface area contributed by atoms with Crippen molar-refractivity contribution in [2.75, 3.05) is 6.54 Å². The molecule has 0 fully saturated rings. The van der Waals surface area contributed by atoms with E-state index in [-0.39, 0.29) is 0 Å². The fraction of sp³-hybridized carbons (Fsp3) is 0.0682. The Morgan fingerprint density at radius 3 is 1.78 bits per heavy atom. The molecule has 0 aliphatic carbocycles. The molecule has 0 spiro atoms. The van der Waals surface area contributed by atoms with Crippen LogP contribution in [0.4, 0.5) is 0 Å². The van der Waals surface area contributed by atoms with E-state index in [9.17, 15) is 0 Å². The lowest BCUT2D eigenvalue weighted by atomic mass is 9.84. The maximum absolute atomic E-state index is 4.51. The standard InChI is InChI=1S/C44H33N2/c1-29-22-24-45-27-41(29)32-12-16-34(17-13-32)43-37-10-6-7-11-38(37)44(35-18-14-33(15-19-35)42-28-46-25-23-30(42)2)40-26-36(20-21-39(40)43)31-8-4-3-5-9-31/h3-27H,28H2,1-2H3/q-1. The second-order valence-electron chi connectivity index (χ2n) is 12.1. The number of fused-ring (bicyclic) bond motifs is 2. The Morgan fingerprint density at radius 1 is 0.522 bits per heavy atom. The smallest absolute Gasteiger partial charge is 0.0349 e. The summed E-state index contributed by atoms with van der Waals surface area (Å²) in [5, 5.41) is 9.51. The van der Waals surface area contributed by atoms with Crippen molar-refractivity contribution in [2.24, 2.45) is 0 Å². The van der Waals surface area contributed by atoms with Crippen molar-refractivity contribution >= 4 is 27.1 Å². The quantitative estimate of drug-likeness (QED) is 0.183. The van der Waals surface area contributed by atoms with E-state index in [1.54, 1.807) is 0 Å². The minimum absolute atomic E-state index is 0.724. The Labute approximate surface area is 270 Å². The summed E-state index contributed by atoms with van der Waals surface area (Å²) in [5.41, 5.74) is 14.7. The molecule has 2 heterocycles. The molecule has 0 radical (unpaired) electrons. The van der Waals surface area contributed by atoms with Crippen molar-refractivity contribution in [3.8, 4) is 44.5 Å². The zero-order chi connectivity index (χ0) is 31.0. The van der Waals surface area contributed by atoms with E-state index in [2.05, 4.69) is 158 Å². The number of hydrogen-bond donors (Lipinski definition) is 0. The molecule has 0 bridgehead atoms. The van der Waals surface area contributed by atoms with Gasteiger partial charge in [0, 0.05) is 18.0 Å². The van der Waals surface area contributed by atoms with E-state index >= 15 is 0 Å². The van der Waals surface area contributed by atoms with Crippen LogP contribution in [0.1, 0.15) is 18.1 Å². The molecule has 0 amide bonds. The number of aromatic nitrogens is 1. The van der Waals surface area contributed by atoms with E-state index in [0.717, 1.165) is 6.54 Å². The van der Waals surface area contributed by atoms with Crippen molar-refractivity contribution in [3.63, 3.8) is 0 Å². The molecule has 46 heavy (non-hydrogen) atoms. The molecule has 2 nitrogen and oxygen atoms in total. The lowest BCUT2D eigenvalue weighted by Crippen LogP contribution is -1.97. The highest BCUT2D eigenvalue weighted by Gasteiger charge is 2.18. The number of rotatable bonds is 5. The molecule has 1 aromatic heterocycles. The van der Waals surface area contributed by atoms with Gasteiger partial charge in [0.2, 0.25) is 0 Å². The Bertz CT molecular complexity index is 2290. The first-order valence-electron chi connectivity index (χ1n) is 15.8. The van der Waals surface area contributed by atoms with E-state index in [1.165, 1.54) is 88.3 Å². The summed E-state index contributed by atoms with van der Waals surface area (Å²) in [4.78, 5) is 4.38. The average molecular weight is 590 g/mol. The van der Waals surface area contributed by atoms with Gasteiger partial charge in [-0.1, -0.05) is 132 Å². The van der Waals surface area contributed by atoms with Gasteiger partial charge in [0.25, 0.3) is 0 Å². The molecule has 2 heteroatoms. The first-order valence-corrected chi connectivity index (χ1v) is 15.8. The van der Waals surface area contributed by atoms with Crippen LogP contribution in [0.5, 0.6) is 0 Å². The fourth-order valence-corrected chi connectivity index (χ4v) is 6.88. The minimum atomic E-state index is 0.724. The van der Waals surface area contributed by atoms with Crippen molar-refractivity contribution in [3.05, 3.63) is 174 Å². The van der Waals surface area contributed by atoms with E-state index in [0.29, 0.717) is 0 Å². The number of benzene rings is 6. The summed E-state index contributed by atoms with van der Waals surface area (Å²) in [6, 6.07) is 46.7. The zero-order valence-electron chi connectivity index (χ0n) is 26.0. The summed E-state index contributed by atoms with van der Waals surface area (Å²) in [7, 11) is 0. The highest BCUT2D eigenvalue weighted by Crippen LogP contribution is 2.45. The number of nitrogens with zero attached hydrogens (tertiary/aromatic N) is 2. The van der Waals surface area contributed by atoms with Crippen molar-refractivity contribution in [1.29, 1.82) is 0 Å². The van der Waals surface area contributed by atoms with Gasteiger partial charge in [0.15, 0.2) is 0 Å². The van der Waals surface area contributed by atoms with Gasteiger partial charge >= 0.3 is 0 Å². The van der Waals surface area contributed by atoms with Crippen molar-refractivity contribution < 1.29 is 0 Å². The molecule has 0 saturated heterocycles. The lowest BCUT2D eigenvalue weighted by Gasteiger charge is -2.25. The summed E-state index contributed by atoms with van der Waals surface area (Å²) in [6.07, 6.45) is 7.82. The number of aryl methyl sites for hydroxylation is 1. The molecule has 0 atom stereocenters. The second kappa shape index (κ2) is 11.6. The van der Waals surface area contributed by atoms with Gasteiger partial charge in [-0.05, 0) is 97.6 Å². The SMILES string of the molecule is CC1=C(c2ccc(-c3c4ccccc4c(-c4ccc(-c5cnccc5C)cc4)c4ccc(-c5ccccc5)cc34)cc2)C[N-]C=C1. The van der Waals surface area contributed by atoms with Crippen LogP contribution in [-0.4, -0.2) is 11.5 Å². The van der Waals surface area contributed by atoms with Crippen LogP contribution in [0.3, 0.4) is 0 Å². The molecule has 7 aromatic rings. The van der Waals surface area contributed by atoms with Crippen LogP contribution in [0.2, 0.25) is 0 Å². The van der Waals surface area contributed by atoms with Crippen molar-refractivity contribution in [1.82, 2.24) is 4.98 Å². The summed E-state index contributed by atoms with van der Waals surface area (Å²) in [6.45, 7) is 5.03. The molecule has 220 valence electrons. The van der Waals surface area contributed by atoms with Gasteiger partial charge in [0.05, 0.1) is 0 Å². The molecule has 1 aliphatic heterocycles. The van der Waals surface area contributed by atoms with Crippen LogP contribution >= 0.6 is 0 Å².